The molecule has 0 heterocycles. The number of methoxy groups -OCH3 is 1. The Kier molecular flexibility index (Phi) is 10.7. The molecule has 31 heavy (non-hydrogen) atoms. The summed E-state index contributed by atoms with van der Waals surface area (Å²) in [6.07, 6.45) is 0.834. The average molecular weight is 447 g/mol. The molecule has 0 fully saturated rings. The number of hydrogen-bond acceptors (Lipinski definition) is 4. The van der Waals surface area contributed by atoms with Crippen molar-refractivity contribution < 1.29 is 14.3 Å². The van der Waals surface area contributed by atoms with E-state index in [1.54, 1.807) is 38.4 Å². The lowest BCUT2D eigenvalue weighted by Crippen LogP contribution is -2.41. The van der Waals surface area contributed by atoms with E-state index < -0.39 is 0 Å². The van der Waals surface area contributed by atoms with E-state index in [2.05, 4.69) is 27.0 Å². The second-order valence-electron chi connectivity index (χ2n) is 6.89. The van der Waals surface area contributed by atoms with E-state index in [1.165, 1.54) is 0 Å². The minimum absolute atomic E-state index is 0.203. The highest BCUT2D eigenvalue weighted by molar-refractivity contribution is 6.33. The number of aliphatic imine (C=N–C) groups is 1. The Morgan fingerprint density at radius 2 is 1.84 bits per heavy atom. The fraction of sp³-hybridized carbons (Fsp3) is 0.391. The molecular weight excluding hydrogens is 416 g/mol. The van der Waals surface area contributed by atoms with Gasteiger partial charge in [0.25, 0.3) is 5.91 Å². The normalized spacial score (nSPS) is 11.2. The van der Waals surface area contributed by atoms with Gasteiger partial charge in [0.2, 0.25) is 0 Å². The number of hydrogen-bond donors (Lipinski definition) is 3. The lowest BCUT2D eigenvalue weighted by atomic mass is 10.1. The number of benzene rings is 2. The average Bonchev–Trinajstić information content (AvgIpc) is 2.77. The van der Waals surface area contributed by atoms with Crippen LogP contribution in [0.2, 0.25) is 5.02 Å². The van der Waals surface area contributed by atoms with Crippen molar-refractivity contribution in [3.05, 3.63) is 64.2 Å². The van der Waals surface area contributed by atoms with Crippen molar-refractivity contribution >= 4 is 23.5 Å². The second kappa shape index (κ2) is 13.5. The maximum Gasteiger partial charge on any atom is 0.252 e. The van der Waals surface area contributed by atoms with Crippen LogP contribution >= 0.6 is 11.6 Å². The van der Waals surface area contributed by atoms with Crippen molar-refractivity contribution in [2.45, 2.75) is 19.9 Å². The summed E-state index contributed by atoms with van der Waals surface area (Å²) in [5.74, 6) is 1.29. The number of aryl methyl sites for hydroxylation is 1. The van der Waals surface area contributed by atoms with E-state index in [9.17, 15) is 4.79 Å². The van der Waals surface area contributed by atoms with Crippen LogP contribution in [0, 0.1) is 6.92 Å². The Morgan fingerprint density at radius 1 is 1.06 bits per heavy atom. The van der Waals surface area contributed by atoms with Gasteiger partial charge in [0.15, 0.2) is 5.96 Å². The van der Waals surface area contributed by atoms with Crippen LogP contribution in [0.3, 0.4) is 0 Å². The molecule has 3 N–H and O–H groups in total. The molecule has 0 unspecified atom stereocenters. The van der Waals surface area contributed by atoms with Crippen LogP contribution in [0.5, 0.6) is 5.75 Å². The molecule has 0 aromatic heterocycles. The Labute approximate surface area is 189 Å². The summed E-state index contributed by atoms with van der Waals surface area (Å²) < 4.78 is 11.0. The lowest BCUT2D eigenvalue weighted by Gasteiger charge is -2.16. The van der Waals surface area contributed by atoms with Crippen molar-refractivity contribution in [3.63, 3.8) is 0 Å². The summed E-state index contributed by atoms with van der Waals surface area (Å²) in [6.45, 7) is 4.82. The van der Waals surface area contributed by atoms with Gasteiger partial charge in [-0.3, -0.25) is 9.79 Å². The number of amides is 1. The van der Waals surface area contributed by atoms with E-state index in [0.717, 1.165) is 23.3 Å². The standard InChI is InChI=1S/C23H31ClN4O3/c1-17-9-10-18(21(15-17)31-14-6-13-30-3)16-28-23(25-2)27-12-11-26-22(29)19-7-4-5-8-20(19)24/h4-5,7-10,15H,6,11-14,16H2,1-3H3,(H,26,29)(H2,25,27,28). The fourth-order valence-electron chi connectivity index (χ4n) is 2.82. The summed E-state index contributed by atoms with van der Waals surface area (Å²) in [4.78, 5) is 16.4. The van der Waals surface area contributed by atoms with Crippen LogP contribution in [-0.2, 0) is 11.3 Å². The van der Waals surface area contributed by atoms with E-state index in [1.807, 2.05) is 19.1 Å². The number of nitrogens with zero attached hydrogens (tertiary/aromatic N) is 1. The maximum atomic E-state index is 12.2. The third kappa shape index (κ3) is 8.47. The van der Waals surface area contributed by atoms with Gasteiger partial charge in [-0.25, -0.2) is 0 Å². The molecule has 168 valence electrons. The first-order valence-corrected chi connectivity index (χ1v) is 10.6. The first-order valence-electron chi connectivity index (χ1n) is 10.2. The molecule has 0 bridgehead atoms. The number of carbonyl (C=O) groups is 1. The molecule has 2 rings (SSSR count). The molecular formula is C23H31ClN4O3. The number of guanidine groups is 1. The van der Waals surface area contributed by atoms with E-state index in [0.29, 0.717) is 49.4 Å². The molecule has 0 atom stereocenters. The van der Waals surface area contributed by atoms with Crippen molar-refractivity contribution in [3.8, 4) is 5.75 Å². The minimum atomic E-state index is -0.203. The molecule has 0 aliphatic rings. The van der Waals surface area contributed by atoms with Crippen LogP contribution in [0.15, 0.2) is 47.5 Å². The zero-order chi connectivity index (χ0) is 22.5. The number of halogens is 1. The highest BCUT2D eigenvalue weighted by Gasteiger charge is 2.09. The van der Waals surface area contributed by atoms with Gasteiger partial charge in [-0.1, -0.05) is 35.9 Å². The highest BCUT2D eigenvalue weighted by atomic mass is 35.5. The predicted octanol–water partition coefficient (Wildman–Crippen LogP) is 3.16. The van der Waals surface area contributed by atoms with E-state index in [4.69, 9.17) is 21.1 Å². The van der Waals surface area contributed by atoms with Crippen molar-refractivity contribution in [1.82, 2.24) is 16.0 Å². The topological polar surface area (TPSA) is 84.0 Å². The van der Waals surface area contributed by atoms with E-state index >= 15 is 0 Å². The monoisotopic (exact) mass is 446 g/mol. The number of rotatable bonds is 11. The number of nitrogens with one attached hydrogen (secondary N) is 3. The van der Waals surface area contributed by atoms with Crippen molar-refractivity contribution in [2.75, 3.05) is 40.5 Å². The third-order valence-electron chi connectivity index (χ3n) is 4.46. The Bertz CT molecular complexity index is 874. The number of carbonyl (C=O) groups excluding carboxylic acids is 1. The molecule has 0 aliphatic heterocycles. The minimum Gasteiger partial charge on any atom is -0.493 e. The molecule has 0 aliphatic carbocycles. The predicted molar refractivity (Wildman–Crippen MR) is 125 cm³/mol. The van der Waals surface area contributed by atoms with Crippen LogP contribution in [-0.4, -0.2) is 52.3 Å². The molecule has 8 heteroatoms. The van der Waals surface area contributed by atoms with Gasteiger partial charge in [-0.15, -0.1) is 0 Å². The second-order valence-corrected chi connectivity index (χ2v) is 7.30. The van der Waals surface area contributed by atoms with Gasteiger partial charge in [0.1, 0.15) is 5.75 Å². The smallest absolute Gasteiger partial charge is 0.252 e. The molecule has 2 aromatic carbocycles. The summed E-state index contributed by atoms with van der Waals surface area (Å²) in [5.41, 5.74) is 2.64. The van der Waals surface area contributed by atoms with Gasteiger partial charge < -0.3 is 25.4 Å². The Balaban J connectivity index is 1.79. The van der Waals surface area contributed by atoms with Gasteiger partial charge in [0.05, 0.1) is 17.2 Å². The summed E-state index contributed by atoms with van der Waals surface area (Å²) >= 11 is 6.05. The molecule has 0 radical (unpaired) electrons. The molecule has 0 spiro atoms. The van der Waals surface area contributed by atoms with Crippen LogP contribution in [0.4, 0.5) is 0 Å². The van der Waals surface area contributed by atoms with Gasteiger partial charge in [-0.2, -0.15) is 0 Å². The van der Waals surface area contributed by atoms with Crippen molar-refractivity contribution in [1.29, 1.82) is 0 Å². The molecule has 1 amide bonds. The van der Waals surface area contributed by atoms with Crippen LogP contribution < -0.4 is 20.7 Å². The van der Waals surface area contributed by atoms with Gasteiger partial charge in [-0.05, 0) is 30.7 Å². The Morgan fingerprint density at radius 3 is 2.58 bits per heavy atom. The molecule has 0 saturated carbocycles. The van der Waals surface area contributed by atoms with E-state index in [-0.39, 0.29) is 5.91 Å². The third-order valence-corrected chi connectivity index (χ3v) is 4.79. The van der Waals surface area contributed by atoms with Gasteiger partial charge in [0, 0.05) is 52.4 Å². The SMILES string of the molecule is CN=C(NCCNC(=O)c1ccccc1Cl)NCc1ccc(C)cc1OCCCOC. The largest absolute Gasteiger partial charge is 0.493 e. The highest BCUT2D eigenvalue weighted by Crippen LogP contribution is 2.20. The fourth-order valence-corrected chi connectivity index (χ4v) is 3.05. The zero-order valence-electron chi connectivity index (χ0n) is 18.3. The molecule has 2 aromatic rings. The maximum absolute atomic E-state index is 12.2. The molecule has 0 saturated heterocycles. The summed E-state index contributed by atoms with van der Waals surface area (Å²) in [5, 5.41) is 9.74. The lowest BCUT2D eigenvalue weighted by molar-refractivity contribution is 0.0954. The first kappa shape index (κ1) is 24.5. The molecule has 7 nitrogen and oxygen atoms in total. The summed E-state index contributed by atoms with van der Waals surface area (Å²) in [6, 6.07) is 13.1. The van der Waals surface area contributed by atoms with Gasteiger partial charge >= 0.3 is 0 Å². The number of ether oxygens (including phenoxy) is 2. The van der Waals surface area contributed by atoms with Crippen LogP contribution in [0.1, 0.15) is 27.9 Å². The van der Waals surface area contributed by atoms with Crippen molar-refractivity contribution in [2.24, 2.45) is 4.99 Å². The van der Waals surface area contributed by atoms with Crippen LogP contribution in [0.25, 0.3) is 0 Å². The quantitative estimate of drug-likeness (QED) is 0.280. The Hall–Kier alpha value is -2.77. The first-order chi connectivity index (χ1) is 15.0. The summed E-state index contributed by atoms with van der Waals surface area (Å²) in [7, 11) is 3.39. The zero-order valence-corrected chi connectivity index (χ0v) is 19.1.